The molecule has 0 spiro atoms. The molecule has 3 aromatic carbocycles. The molecule has 7 aromatic rings. The summed E-state index contributed by atoms with van der Waals surface area (Å²) >= 11 is 13.0. The largest absolute Gasteiger partial charge is 0.444 e. The number of halogens is 2. The van der Waals surface area contributed by atoms with Crippen LogP contribution in [0.3, 0.4) is 0 Å². The van der Waals surface area contributed by atoms with Gasteiger partial charge >= 0.3 is 12.1 Å². The normalized spacial score (nSPS) is 18.2. The van der Waals surface area contributed by atoms with Crippen molar-refractivity contribution in [3.05, 3.63) is 194 Å². The quantitative estimate of drug-likeness (QED) is 0.137. The zero-order valence-corrected chi connectivity index (χ0v) is 45.5. The van der Waals surface area contributed by atoms with E-state index in [1.807, 2.05) is 117 Å². The highest BCUT2D eigenvalue weighted by molar-refractivity contribution is 6.31. The lowest BCUT2D eigenvalue weighted by molar-refractivity contribution is 0.0117. The number of carbonyl (C=O) groups is 2. The number of fused-ring (bicyclic) bond motifs is 4. The molecule has 11 rings (SSSR count). The van der Waals surface area contributed by atoms with Gasteiger partial charge in [-0.2, -0.15) is 5.26 Å². The van der Waals surface area contributed by atoms with Crippen molar-refractivity contribution in [3.8, 4) is 6.07 Å². The fourth-order valence-corrected chi connectivity index (χ4v) is 11.0. The molecule has 17 nitrogen and oxygen atoms in total. The number of nitrogens with zero attached hydrogens (tertiary/aromatic N) is 11. The molecule has 4 aliphatic rings. The first-order valence-electron chi connectivity index (χ1n) is 25.8. The van der Waals surface area contributed by atoms with Crippen molar-refractivity contribution in [1.82, 2.24) is 48.7 Å². The van der Waals surface area contributed by atoms with E-state index in [0.29, 0.717) is 85.0 Å². The van der Waals surface area contributed by atoms with Crippen molar-refractivity contribution in [2.45, 2.75) is 50.7 Å². The summed E-state index contributed by atoms with van der Waals surface area (Å²) in [6.07, 6.45) is 12.2. The van der Waals surface area contributed by atoms with Gasteiger partial charge in [0.2, 0.25) is 0 Å². The topological polar surface area (TPSA) is 194 Å². The summed E-state index contributed by atoms with van der Waals surface area (Å²) in [5.74, 6) is 0. The Morgan fingerprint density at radius 3 is 1.58 bits per heavy atom. The Morgan fingerprint density at radius 1 is 0.692 bits per heavy atom. The highest BCUT2D eigenvalue weighted by Crippen LogP contribution is 2.46. The number of benzene rings is 3. The number of pyridine rings is 2. The van der Waals surface area contributed by atoms with E-state index >= 15 is 0 Å². The lowest BCUT2D eigenvalue weighted by Crippen LogP contribution is -2.51. The summed E-state index contributed by atoms with van der Waals surface area (Å²) in [6, 6.07) is 27.8. The molecule has 78 heavy (non-hydrogen) atoms. The Morgan fingerprint density at radius 2 is 1.15 bits per heavy atom. The van der Waals surface area contributed by atoms with Gasteiger partial charge in [0.25, 0.3) is 0 Å². The van der Waals surface area contributed by atoms with Gasteiger partial charge in [-0.1, -0.05) is 47.5 Å². The fourth-order valence-electron chi connectivity index (χ4n) is 10.7. The minimum atomic E-state index is -0.922. The lowest BCUT2D eigenvalue weighted by Gasteiger charge is -2.40. The van der Waals surface area contributed by atoms with E-state index in [2.05, 4.69) is 31.2 Å². The first kappa shape index (κ1) is 53.7. The Labute approximate surface area is 464 Å². The monoisotopic (exact) mass is 1090 g/mol. The number of carbonyl (C=O) groups excluding carboxylic acids is 2. The smallest absolute Gasteiger partial charge is 0.410 e. The van der Waals surface area contributed by atoms with Crippen molar-refractivity contribution in [1.29, 1.82) is 5.26 Å². The number of aryl methyl sites for hydroxylation is 2. The van der Waals surface area contributed by atoms with E-state index in [1.165, 1.54) is 0 Å². The van der Waals surface area contributed by atoms with Crippen molar-refractivity contribution >= 4 is 64.3 Å². The Bertz CT molecular complexity index is 3460. The zero-order chi connectivity index (χ0) is 54.8. The van der Waals surface area contributed by atoms with E-state index in [-0.39, 0.29) is 25.6 Å². The van der Waals surface area contributed by atoms with E-state index in [0.717, 1.165) is 55.9 Å². The van der Waals surface area contributed by atoms with Gasteiger partial charge in [0, 0.05) is 96.0 Å². The molecular formula is C59H62Cl2N12O5. The molecule has 3 amide bonds. The van der Waals surface area contributed by atoms with Gasteiger partial charge < -0.3 is 39.2 Å². The molecule has 2 aliphatic heterocycles. The second-order valence-electron chi connectivity index (χ2n) is 20.7. The average molecular weight is 1090 g/mol. The summed E-state index contributed by atoms with van der Waals surface area (Å²) in [7, 11) is 3.72. The van der Waals surface area contributed by atoms with Gasteiger partial charge in [0.1, 0.15) is 17.8 Å². The Kier molecular flexibility index (Phi) is 15.6. The number of aliphatic hydroxyl groups is 2. The van der Waals surface area contributed by atoms with Crippen LogP contribution in [0.15, 0.2) is 122 Å². The minimum absolute atomic E-state index is 0. The first-order chi connectivity index (χ1) is 37.5. The summed E-state index contributed by atoms with van der Waals surface area (Å²) in [4.78, 5) is 51.9. The van der Waals surface area contributed by atoms with Gasteiger partial charge in [-0.25, -0.2) is 19.6 Å². The van der Waals surface area contributed by atoms with Gasteiger partial charge in [-0.3, -0.25) is 19.8 Å². The number of imidazole rings is 2. The highest BCUT2D eigenvalue weighted by Gasteiger charge is 2.38. The van der Waals surface area contributed by atoms with Gasteiger partial charge in [0.15, 0.2) is 0 Å². The molecule has 2 fully saturated rings. The standard InChI is InChI=1S/C31H28ClN7O2.C28H32ClN5O3.H2/c1-37-19-34-18-27(37)30(40)26-15-21-3-2-10-35-28(21)29(24-9-6-22(32)16-25(24)26)38-11-13-39(14-12-38)31(41)36-23-7-4-20(17-33)5-8-23;1-28(2,3)37-27(36)34-12-10-33(11-13-34)25-20-8-7-19(29)15-21(20)22(14-18-6-5-9-31-24(18)25)26(35)23-16-30-17-32(23)4;/h2-10,15-16,18-19,29-30,40H,11-14H2,1H3,(H,36,41);5-9,14-17,25-26,35H,10-13H2,1-4H3;1H. The van der Waals surface area contributed by atoms with Crippen molar-refractivity contribution in [3.63, 3.8) is 0 Å². The molecule has 4 unspecified atom stereocenters. The Balaban J connectivity index is 0.000000190. The Hall–Kier alpha value is -7.69. The zero-order valence-electron chi connectivity index (χ0n) is 44.0. The molecular weight excluding hydrogens is 1030 g/mol. The molecule has 402 valence electrons. The van der Waals surface area contributed by atoms with Crippen LogP contribution in [0.1, 0.15) is 108 Å². The number of rotatable bonds is 7. The van der Waals surface area contributed by atoms with Crippen LogP contribution < -0.4 is 5.32 Å². The summed E-state index contributed by atoms with van der Waals surface area (Å²) < 4.78 is 9.21. The first-order valence-corrected chi connectivity index (χ1v) is 26.5. The van der Waals surface area contributed by atoms with Crippen LogP contribution in [0.5, 0.6) is 0 Å². The van der Waals surface area contributed by atoms with Gasteiger partial charge in [0.05, 0.1) is 71.5 Å². The number of piperazine rings is 2. The maximum Gasteiger partial charge on any atom is 0.410 e. The predicted molar refractivity (Wildman–Crippen MR) is 302 cm³/mol. The molecule has 0 bridgehead atoms. The molecule has 4 atom stereocenters. The number of amides is 3. The molecule has 3 N–H and O–H groups in total. The molecule has 2 saturated heterocycles. The molecule has 0 saturated carbocycles. The number of anilines is 1. The molecule has 0 radical (unpaired) electrons. The third-order valence-electron chi connectivity index (χ3n) is 14.5. The second kappa shape index (κ2) is 22.7. The van der Waals surface area contributed by atoms with Crippen molar-refractivity contribution in [2.24, 2.45) is 14.1 Å². The van der Waals surface area contributed by atoms with E-state index < -0.39 is 17.8 Å². The van der Waals surface area contributed by atoms with E-state index in [9.17, 15) is 19.8 Å². The number of ether oxygens (including phenoxy) is 1. The summed E-state index contributed by atoms with van der Waals surface area (Å²) in [6.45, 7) is 10.4. The second-order valence-corrected chi connectivity index (χ2v) is 21.6. The number of nitriles is 1. The van der Waals surface area contributed by atoms with Gasteiger partial charge in [-0.05, 0) is 138 Å². The van der Waals surface area contributed by atoms with Crippen LogP contribution in [0.4, 0.5) is 15.3 Å². The summed E-state index contributed by atoms with van der Waals surface area (Å²) in [5, 5.41) is 36.2. The molecule has 2 aliphatic carbocycles. The van der Waals surface area contributed by atoms with Crippen LogP contribution in [-0.4, -0.2) is 129 Å². The number of aliphatic hydroxyl groups excluding tert-OH is 2. The van der Waals surface area contributed by atoms with Crippen molar-refractivity contribution < 1.29 is 26.0 Å². The van der Waals surface area contributed by atoms with Gasteiger partial charge in [-0.15, -0.1) is 0 Å². The number of urea groups is 1. The van der Waals surface area contributed by atoms with Crippen LogP contribution in [0, 0.1) is 11.3 Å². The summed E-state index contributed by atoms with van der Waals surface area (Å²) in [5.41, 5.74) is 10.9. The highest BCUT2D eigenvalue weighted by atomic mass is 35.5. The van der Waals surface area contributed by atoms with E-state index in [4.69, 9.17) is 43.2 Å². The maximum atomic E-state index is 13.0. The number of nitrogens with one attached hydrogen (secondary N) is 1. The average Bonchev–Trinajstić information content (AvgIpc) is 4.23. The van der Waals surface area contributed by atoms with E-state index in [1.54, 1.807) is 71.5 Å². The van der Waals surface area contributed by atoms with Crippen LogP contribution in [0.25, 0.3) is 23.3 Å². The lowest BCUT2D eigenvalue weighted by atomic mass is 9.91. The SMILES string of the molecule is Cn1cncc1C(O)C1=Cc2cccnc2C(N2CCN(C(=O)Nc3ccc(C#N)cc3)CC2)c2ccc(Cl)cc21.Cn1cncc1C(O)C1=Cc2cccnc2C(N2CCN(C(=O)OC(C)(C)C)CC2)c2ccc(Cl)cc21.[HH]. The van der Waals surface area contributed by atoms with Crippen LogP contribution >= 0.6 is 23.2 Å². The third-order valence-corrected chi connectivity index (χ3v) is 15.0. The fraction of sp³-hybridized carbons (Fsp3) is 0.305. The third kappa shape index (κ3) is 11.3. The molecule has 4 aromatic heterocycles. The molecule has 19 heteroatoms. The number of aromatic nitrogens is 6. The number of hydrogen-bond acceptors (Lipinski definition) is 12. The predicted octanol–water partition coefficient (Wildman–Crippen LogP) is 9.81. The van der Waals surface area contributed by atoms with Crippen molar-refractivity contribution in [2.75, 3.05) is 57.7 Å². The minimum Gasteiger partial charge on any atom is -0.444 e. The van der Waals surface area contributed by atoms with Crippen LogP contribution in [-0.2, 0) is 18.8 Å². The number of hydrogen-bond donors (Lipinski definition) is 3. The van der Waals surface area contributed by atoms with Crippen LogP contribution in [0.2, 0.25) is 10.0 Å². The maximum absolute atomic E-state index is 13.0. The molecule has 6 heterocycles.